The highest BCUT2D eigenvalue weighted by Crippen LogP contribution is 2.25. The number of anilines is 2. The Labute approximate surface area is 118 Å². The van der Waals surface area contributed by atoms with Crippen molar-refractivity contribution in [1.29, 1.82) is 0 Å². The summed E-state index contributed by atoms with van der Waals surface area (Å²) in [5.41, 5.74) is -0.148. The number of hydrogen-bond acceptors (Lipinski definition) is 6. The van der Waals surface area contributed by atoms with Gasteiger partial charge in [0.1, 0.15) is 0 Å². The van der Waals surface area contributed by atoms with Gasteiger partial charge >= 0.3 is 0 Å². The molecule has 6 nitrogen and oxygen atoms in total. The zero-order chi connectivity index (χ0) is 13.9. The second kappa shape index (κ2) is 5.88. The Morgan fingerprint density at radius 1 is 1.37 bits per heavy atom. The fourth-order valence-electron chi connectivity index (χ4n) is 2.01. The Kier molecular flexibility index (Phi) is 4.42. The van der Waals surface area contributed by atoms with Crippen LogP contribution in [-0.4, -0.2) is 46.8 Å². The van der Waals surface area contributed by atoms with Crippen molar-refractivity contribution in [3.05, 3.63) is 5.28 Å². The van der Waals surface area contributed by atoms with Gasteiger partial charge in [0.2, 0.25) is 17.2 Å². The highest BCUT2D eigenvalue weighted by molar-refractivity contribution is 6.28. The van der Waals surface area contributed by atoms with E-state index in [0.29, 0.717) is 25.1 Å². The van der Waals surface area contributed by atoms with Gasteiger partial charge in [-0.3, -0.25) is 0 Å². The molecule has 106 valence electrons. The standard InChI is InChI=1S/C12H20ClN5O/c1-4-5-14-10-15-9(13)16-11(17-10)18-6-7-19-8-12(18,2)3/h4-8H2,1-3H3,(H,14,15,16,17). The number of nitrogens with one attached hydrogen (secondary N) is 1. The normalized spacial score (nSPS) is 18.4. The first-order valence-electron chi connectivity index (χ1n) is 6.54. The first-order valence-corrected chi connectivity index (χ1v) is 6.91. The fraction of sp³-hybridized carbons (Fsp3) is 0.750. The van der Waals surface area contributed by atoms with Crippen molar-refractivity contribution in [2.24, 2.45) is 0 Å². The summed E-state index contributed by atoms with van der Waals surface area (Å²) in [5.74, 6) is 1.13. The van der Waals surface area contributed by atoms with E-state index in [1.807, 2.05) is 0 Å². The molecule has 0 aromatic carbocycles. The Balaban J connectivity index is 2.25. The molecule has 0 amide bonds. The van der Waals surface area contributed by atoms with Gasteiger partial charge < -0.3 is 15.0 Å². The molecule has 1 aromatic rings. The first kappa shape index (κ1) is 14.3. The average molecular weight is 286 g/mol. The van der Waals surface area contributed by atoms with E-state index < -0.39 is 0 Å². The summed E-state index contributed by atoms with van der Waals surface area (Å²) in [6.07, 6.45) is 1.00. The van der Waals surface area contributed by atoms with Crippen LogP contribution in [0.2, 0.25) is 5.28 Å². The van der Waals surface area contributed by atoms with Crippen molar-refractivity contribution in [3.63, 3.8) is 0 Å². The SMILES string of the molecule is CCCNc1nc(Cl)nc(N2CCOCC2(C)C)n1. The van der Waals surface area contributed by atoms with E-state index in [9.17, 15) is 0 Å². The average Bonchev–Trinajstić information content (AvgIpc) is 2.35. The molecule has 0 aliphatic carbocycles. The van der Waals surface area contributed by atoms with Gasteiger partial charge in [-0.1, -0.05) is 6.92 Å². The minimum absolute atomic E-state index is 0.148. The van der Waals surface area contributed by atoms with Gasteiger partial charge in [-0.25, -0.2) is 0 Å². The molecule has 1 aromatic heterocycles. The van der Waals surface area contributed by atoms with E-state index in [2.05, 4.69) is 45.9 Å². The second-order valence-electron chi connectivity index (χ2n) is 5.17. The van der Waals surface area contributed by atoms with Crippen LogP contribution in [-0.2, 0) is 4.74 Å². The summed E-state index contributed by atoms with van der Waals surface area (Å²) in [7, 11) is 0. The maximum atomic E-state index is 5.98. The third-order valence-electron chi connectivity index (χ3n) is 3.02. The molecule has 2 heterocycles. The van der Waals surface area contributed by atoms with Crippen molar-refractivity contribution in [2.45, 2.75) is 32.7 Å². The quantitative estimate of drug-likeness (QED) is 0.912. The maximum Gasteiger partial charge on any atom is 0.232 e. The molecule has 1 fully saturated rings. The molecule has 0 spiro atoms. The van der Waals surface area contributed by atoms with Crippen LogP contribution < -0.4 is 10.2 Å². The highest BCUT2D eigenvalue weighted by atomic mass is 35.5. The van der Waals surface area contributed by atoms with E-state index in [4.69, 9.17) is 16.3 Å². The highest BCUT2D eigenvalue weighted by Gasteiger charge is 2.32. The van der Waals surface area contributed by atoms with E-state index >= 15 is 0 Å². The lowest BCUT2D eigenvalue weighted by Gasteiger charge is -2.42. The number of ether oxygens (including phenoxy) is 1. The lowest BCUT2D eigenvalue weighted by atomic mass is 10.0. The summed E-state index contributed by atoms with van der Waals surface area (Å²) in [5, 5.41) is 3.35. The Morgan fingerprint density at radius 2 is 2.16 bits per heavy atom. The zero-order valence-corrected chi connectivity index (χ0v) is 12.4. The number of aromatic nitrogens is 3. The van der Waals surface area contributed by atoms with E-state index in [-0.39, 0.29) is 10.8 Å². The molecular weight excluding hydrogens is 266 g/mol. The molecule has 0 atom stereocenters. The molecule has 1 saturated heterocycles. The lowest BCUT2D eigenvalue weighted by Crippen LogP contribution is -2.54. The minimum atomic E-state index is -0.148. The predicted molar refractivity (Wildman–Crippen MR) is 75.9 cm³/mol. The summed E-state index contributed by atoms with van der Waals surface area (Å²) < 4.78 is 5.50. The molecule has 0 unspecified atom stereocenters. The molecule has 0 saturated carbocycles. The number of rotatable bonds is 4. The van der Waals surface area contributed by atoms with Crippen molar-refractivity contribution in [1.82, 2.24) is 15.0 Å². The van der Waals surface area contributed by atoms with Gasteiger partial charge in [-0.2, -0.15) is 15.0 Å². The van der Waals surface area contributed by atoms with E-state index in [1.165, 1.54) is 0 Å². The van der Waals surface area contributed by atoms with Crippen LogP contribution in [0.3, 0.4) is 0 Å². The molecule has 0 radical (unpaired) electrons. The molecular formula is C12H20ClN5O. The van der Waals surface area contributed by atoms with E-state index in [0.717, 1.165) is 19.5 Å². The fourth-order valence-corrected chi connectivity index (χ4v) is 2.16. The maximum absolute atomic E-state index is 5.98. The molecule has 1 N–H and O–H groups in total. The number of hydrogen-bond donors (Lipinski definition) is 1. The van der Waals surface area contributed by atoms with Crippen molar-refractivity contribution >= 4 is 23.5 Å². The van der Waals surface area contributed by atoms with Gasteiger partial charge in [0, 0.05) is 13.1 Å². The molecule has 0 bridgehead atoms. The van der Waals surface area contributed by atoms with Crippen LogP contribution in [0.5, 0.6) is 0 Å². The summed E-state index contributed by atoms with van der Waals surface area (Å²) in [6.45, 7) is 9.17. The Morgan fingerprint density at radius 3 is 2.84 bits per heavy atom. The summed E-state index contributed by atoms with van der Waals surface area (Å²) >= 11 is 5.98. The van der Waals surface area contributed by atoms with Gasteiger partial charge in [-0.05, 0) is 31.9 Å². The van der Waals surface area contributed by atoms with Crippen LogP contribution in [0.15, 0.2) is 0 Å². The number of halogens is 1. The smallest absolute Gasteiger partial charge is 0.232 e. The van der Waals surface area contributed by atoms with Crippen molar-refractivity contribution < 1.29 is 4.74 Å². The Bertz CT molecular complexity index is 440. The third-order valence-corrected chi connectivity index (χ3v) is 3.19. The summed E-state index contributed by atoms with van der Waals surface area (Å²) in [6, 6.07) is 0. The molecule has 19 heavy (non-hydrogen) atoms. The van der Waals surface area contributed by atoms with Crippen LogP contribution in [0.25, 0.3) is 0 Å². The van der Waals surface area contributed by atoms with Gasteiger partial charge in [-0.15, -0.1) is 0 Å². The van der Waals surface area contributed by atoms with Crippen molar-refractivity contribution in [2.75, 3.05) is 36.5 Å². The molecule has 1 aliphatic heterocycles. The van der Waals surface area contributed by atoms with Gasteiger partial charge in [0.25, 0.3) is 0 Å². The Hall–Kier alpha value is -1.14. The molecule has 7 heteroatoms. The van der Waals surface area contributed by atoms with Crippen LogP contribution >= 0.6 is 11.6 Å². The second-order valence-corrected chi connectivity index (χ2v) is 5.51. The summed E-state index contributed by atoms with van der Waals surface area (Å²) in [4.78, 5) is 14.9. The number of nitrogens with zero attached hydrogens (tertiary/aromatic N) is 4. The minimum Gasteiger partial charge on any atom is -0.377 e. The van der Waals surface area contributed by atoms with Crippen LogP contribution in [0.1, 0.15) is 27.2 Å². The first-order chi connectivity index (χ1) is 9.03. The molecule has 2 rings (SSSR count). The lowest BCUT2D eigenvalue weighted by molar-refractivity contribution is 0.0634. The van der Waals surface area contributed by atoms with Crippen LogP contribution in [0.4, 0.5) is 11.9 Å². The van der Waals surface area contributed by atoms with Gasteiger partial charge in [0.15, 0.2) is 0 Å². The van der Waals surface area contributed by atoms with Crippen molar-refractivity contribution in [3.8, 4) is 0 Å². The zero-order valence-electron chi connectivity index (χ0n) is 11.6. The topological polar surface area (TPSA) is 63.2 Å². The number of morpholine rings is 1. The van der Waals surface area contributed by atoms with E-state index in [1.54, 1.807) is 0 Å². The molecule has 1 aliphatic rings. The predicted octanol–water partition coefficient (Wildman–Crippen LogP) is 1.96. The van der Waals surface area contributed by atoms with Gasteiger partial charge in [0.05, 0.1) is 18.8 Å². The van der Waals surface area contributed by atoms with Crippen LogP contribution in [0, 0.1) is 0 Å². The third kappa shape index (κ3) is 3.45. The monoisotopic (exact) mass is 285 g/mol. The largest absolute Gasteiger partial charge is 0.377 e.